The summed E-state index contributed by atoms with van der Waals surface area (Å²) in [5.41, 5.74) is 1.27. The van der Waals surface area contributed by atoms with E-state index in [4.69, 9.17) is 21.1 Å². The molecule has 0 aromatic heterocycles. The Morgan fingerprint density at radius 2 is 1.50 bits per heavy atom. The largest absolute Gasteiger partial charge is 0.507 e. The highest BCUT2D eigenvalue weighted by Crippen LogP contribution is 2.42. The van der Waals surface area contributed by atoms with Gasteiger partial charge >= 0.3 is 5.97 Å². The SMILES string of the molecule is COc1ccc(N2C(=O)C(=O)/C(=C(/O)c3ccc(Cl)cc3)C2c2ccc(OC(C)=O)cc2)cc1. The maximum Gasteiger partial charge on any atom is 0.308 e. The van der Waals surface area contributed by atoms with E-state index in [2.05, 4.69) is 0 Å². The average Bonchev–Trinajstić information content (AvgIpc) is 3.09. The van der Waals surface area contributed by atoms with Crippen molar-refractivity contribution in [3.63, 3.8) is 0 Å². The van der Waals surface area contributed by atoms with Gasteiger partial charge in [-0.1, -0.05) is 23.7 Å². The van der Waals surface area contributed by atoms with Gasteiger partial charge in [-0.15, -0.1) is 0 Å². The standard InChI is InChI=1S/C26H20ClNO6/c1-15(29)34-21-11-5-16(6-12-21)23-22(24(30)17-3-7-18(27)8-4-17)25(31)26(32)28(23)19-9-13-20(33-2)14-10-19/h3-14,23,30H,1-2H3/b24-22+. The van der Waals surface area contributed by atoms with Gasteiger partial charge in [0.25, 0.3) is 11.7 Å². The van der Waals surface area contributed by atoms with Crippen LogP contribution < -0.4 is 14.4 Å². The van der Waals surface area contributed by atoms with Crippen molar-refractivity contribution >= 4 is 40.7 Å². The molecular weight excluding hydrogens is 458 g/mol. The first-order chi connectivity index (χ1) is 16.3. The highest BCUT2D eigenvalue weighted by atomic mass is 35.5. The number of benzene rings is 3. The maximum atomic E-state index is 13.2. The predicted octanol–water partition coefficient (Wildman–Crippen LogP) is 4.90. The number of amides is 1. The topological polar surface area (TPSA) is 93.1 Å². The number of ether oxygens (including phenoxy) is 2. The Kier molecular flexibility index (Phi) is 6.38. The van der Waals surface area contributed by atoms with Crippen molar-refractivity contribution in [3.8, 4) is 11.5 Å². The molecule has 172 valence electrons. The number of methoxy groups -OCH3 is 1. The highest BCUT2D eigenvalue weighted by Gasteiger charge is 2.47. The van der Waals surface area contributed by atoms with E-state index in [0.29, 0.717) is 33.3 Å². The van der Waals surface area contributed by atoms with Gasteiger partial charge < -0.3 is 14.6 Å². The first kappa shape index (κ1) is 23.1. The van der Waals surface area contributed by atoms with E-state index in [1.165, 1.54) is 18.9 Å². The number of esters is 1. The number of aliphatic hydroxyl groups excluding tert-OH is 1. The molecule has 7 nitrogen and oxygen atoms in total. The van der Waals surface area contributed by atoms with Crippen molar-refractivity contribution in [2.24, 2.45) is 0 Å². The Morgan fingerprint density at radius 3 is 2.06 bits per heavy atom. The quantitative estimate of drug-likeness (QED) is 0.185. The van der Waals surface area contributed by atoms with Crippen LogP contribution in [0.4, 0.5) is 5.69 Å². The number of anilines is 1. The smallest absolute Gasteiger partial charge is 0.308 e. The van der Waals surface area contributed by atoms with Gasteiger partial charge in [-0.25, -0.2) is 0 Å². The van der Waals surface area contributed by atoms with Crippen molar-refractivity contribution in [2.75, 3.05) is 12.0 Å². The average molecular weight is 478 g/mol. The van der Waals surface area contributed by atoms with Gasteiger partial charge in [-0.3, -0.25) is 19.3 Å². The zero-order chi connectivity index (χ0) is 24.4. The zero-order valence-electron chi connectivity index (χ0n) is 18.3. The third-order valence-corrected chi connectivity index (χ3v) is 5.62. The molecule has 1 atom stereocenters. The van der Waals surface area contributed by atoms with Gasteiger partial charge in [0.05, 0.1) is 18.7 Å². The number of carbonyl (C=O) groups excluding carboxylic acids is 3. The Morgan fingerprint density at radius 1 is 0.912 bits per heavy atom. The molecule has 8 heteroatoms. The van der Waals surface area contributed by atoms with Crippen LogP contribution in [0.15, 0.2) is 78.4 Å². The molecule has 34 heavy (non-hydrogen) atoms. The lowest BCUT2D eigenvalue weighted by atomic mass is 9.95. The lowest BCUT2D eigenvalue weighted by Gasteiger charge is -2.25. The Hall–Kier alpha value is -4.10. The first-order valence-electron chi connectivity index (χ1n) is 10.3. The summed E-state index contributed by atoms with van der Waals surface area (Å²) in [5.74, 6) is -1.49. The van der Waals surface area contributed by atoms with E-state index in [1.807, 2.05) is 0 Å². The molecule has 1 fully saturated rings. The van der Waals surface area contributed by atoms with Gasteiger partial charge in [0.15, 0.2) is 0 Å². The van der Waals surface area contributed by atoms with E-state index < -0.39 is 23.7 Å². The molecule has 3 aromatic rings. The Labute approximate surface area is 200 Å². The number of halogens is 1. The van der Waals surface area contributed by atoms with Gasteiger partial charge in [0, 0.05) is 23.2 Å². The van der Waals surface area contributed by atoms with Crippen molar-refractivity contribution < 1.29 is 29.0 Å². The second kappa shape index (κ2) is 9.41. The van der Waals surface area contributed by atoms with Gasteiger partial charge in [0.1, 0.15) is 17.3 Å². The summed E-state index contributed by atoms with van der Waals surface area (Å²) in [6.45, 7) is 1.29. The lowest BCUT2D eigenvalue weighted by molar-refractivity contribution is -0.132. The minimum absolute atomic E-state index is 0.0663. The number of nitrogens with zero attached hydrogens (tertiary/aromatic N) is 1. The van der Waals surface area contributed by atoms with Crippen LogP contribution in [0.3, 0.4) is 0 Å². The Balaban J connectivity index is 1.87. The normalized spacial score (nSPS) is 17.0. The summed E-state index contributed by atoms with van der Waals surface area (Å²) in [5, 5.41) is 11.6. The molecule has 1 unspecified atom stereocenters. The maximum absolute atomic E-state index is 13.2. The number of aliphatic hydroxyl groups is 1. The van der Waals surface area contributed by atoms with Gasteiger partial charge in [-0.05, 0) is 66.2 Å². The monoisotopic (exact) mass is 477 g/mol. The van der Waals surface area contributed by atoms with E-state index in [0.717, 1.165) is 0 Å². The summed E-state index contributed by atoms with van der Waals surface area (Å²) in [6.07, 6.45) is 0. The summed E-state index contributed by atoms with van der Waals surface area (Å²) in [7, 11) is 1.53. The highest BCUT2D eigenvalue weighted by molar-refractivity contribution is 6.51. The fraction of sp³-hybridized carbons (Fsp3) is 0.115. The summed E-state index contributed by atoms with van der Waals surface area (Å²) in [4.78, 5) is 38.9. The van der Waals surface area contributed by atoms with Crippen molar-refractivity contribution in [2.45, 2.75) is 13.0 Å². The molecule has 1 N–H and O–H groups in total. The fourth-order valence-electron chi connectivity index (χ4n) is 3.80. The molecule has 0 bridgehead atoms. The van der Waals surface area contributed by atoms with E-state index in [9.17, 15) is 19.5 Å². The molecule has 1 heterocycles. The molecule has 0 aliphatic carbocycles. The van der Waals surface area contributed by atoms with Crippen LogP contribution in [0.5, 0.6) is 11.5 Å². The van der Waals surface area contributed by atoms with Crippen molar-refractivity contribution in [1.82, 2.24) is 0 Å². The van der Waals surface area contributed by atoms with Crippen LogP contribution in [0.1, 0.15) is 24.1 Å². The van der Waals surface area contributed by atoms with Crippen LogP contribution in [0.2, 0.25) is 5.02 Å². The molecule has 1 aliphatic rings. The van der Waals surface area contributed by atoms with Gasteiger partial charge in [-0.2, -0.15) is 0 Å². The van der Waals surface area contributed by atoms with Crippen LogP contribution in [-0.2, 0) is 14.4 Å². The fourth-order valence-corrected chi connectivity index (χ4v) is 3.93. The van der Waals surface area contributed by atoms with Crippen LogP contribution >= 0.6 is 11.6 Å². The second-order valence-corrected chi connectivity index (χ2v) is 7.97. The van der Waals surface area contributed by atoms with Crippen LogP contribution in [0.25, 0.3) is 5.76 Å². The zero-order valence-corrected chi connectivity index (χ0v) is 19.1. The van der Waals surface area contributed by atoms with Crippen molar-refractivity contribution in [1.29, 1.82) is 0 Å². The van der Waals surface area contributed by atoms with Crippen molar-refractivity contribution in [3.05, 3.63) is 94.5 Å². The number of hydrogen-bond acceptors (Lipinski definition) is 6. The minimum atomic E-state index is -0.921. The predicted molar refractivity (Wildman–Crippen MR) is 127 cm³/mol. The number of ketones is 1. The molecular formula is C26H20ClNO6. The molecule has 1 aliphatic heterocycles. The summed E-state index contributed by atoms with van der Waals surface area (Å²) < 4.78 is 10.3. The van der Waals surface area contributed by atoms with Gasteiger partial charge in [0.2, 0.25) is 0 Å². The number of carbonyl (C=O) groups is 3. The molecule has 1 amide bonds. The second-order valence-electron chi connectivity index (χ2n) is 7.54. The molecule has 0 saturated carbocycles. The summed E-state index contributed by atoms with van der Waals surface area (Å²) >= 11 is 5.96. The number of hydrogen-bond donors (Lipinski definition) is 1. The third-order valence-electron chi connectivity index (χ3n) is 5.37. The first-order valence-corrected chi connectivity index (χ1v) is 10.7. The minimum Gasteiger partial charge on any atom is -0.507 e. The molecule has 0 radical (unpaired) electrons. The third kappa shape index (κ3) is 4.38. The number of Topliss-reactive ketones (excluding diaryl/α,β-unsaturated/α-hetero) is 1. The van der Waals surface area contributed by atoms with Crippen LogP contribution in [0, 0.1) is 0 Å². The molecule has 0 spiro atoms. The van der Waals surface area contributed by atoms with E-state index >= 15 is 0 Å². The van der Waals surface area contributed by atoms with E-state index in [1.54, 1.807) is 72.8 Å². The van der Waals surface area contributed by atoms with E-state index in [-0.39, 0.29) is 11.3 Å². The molecule has 1 saturated heterocycles. The Bertz CT molecular complexity index is 1280. The summed E-state index contributed by atoms with van der Waals surface area (Å²) in [6, 6.07) is 18.5. The molecule has 4 rings (SSSR count). The number of rotatable bonds is 5. The van der Waals surface area contributed by atoms with Crippen LogP contribution in [-0.4, -0.2) is 29.9 Å². The molecule has 3 aromatic carbocycles. The lowest BCUT2D eigenvalue weighted by Crippen LogP contribution is -2.29.